The van der Waals surface area contributed by atoms with Crippen LogP contribution in [0.15, 0.2) is 30.6 Å². The molecule has 0 aliphatic carbocycles. The lowest BCUT2D eigenvalue weighted by atomic mass is 10.2. The quantitative estimate of drug-likeness (QED) is 0.725. The number of carbonyl (C=O) groups is 2. The van der Waals surface area contributed by atoms with Gasteiger partial charge in [0.2, 0.25) is 5.91 Å². The molecule has 8 heteroatoms. The fourth-order valence-corrected chi connectivity index (χ4v) is 1.72. The third-order valence-corrected chi connectivity index (χ3v) is 2.75. The number of rotatable bonds is 4. The highest BCUT2D eigenvalue weighted by Crippen LogP contribution is 2.22. The smallest absolute Gasteiger partial charge is 0.251 e. The van der Waals surface area contributed by atoms with E-state index in [4.69, 9.17) is 23.1 Å². The summed E-state index contributed by atoms with van der Waals surface area (Å²) < 4.78 is 1.30. The van der Waals surface area contributed by atoms with Gasteiger partial charge in [-0.05, 0) is 18.2 Å². The Bertz CT molecular complexity index is 668. The summed E-state index contributed by atoms with van der Waals surface area (Å²) in [6.07, 6.45) is 2.69. The Morgan fingerprint density at radius 1 is 1.40 bits per heavy atom. The number of nitrogen functional groups attached to an aromatic ring is 1. The van der Waals surface area contributed by atoms with E-state index in [1.54, 1.807) is 18.2 Å². The van der Waals surface area contributed by atoms with Crippen LogP contribution in [0.4, 0.5) is 11.4 Å². The number of nitrogens with one attached hydrogen (secondary N) is 1. The molecule has 1 aromatic carbocycles. The molecule has 0 saturated carbocycles. The van der Waals surface area contributed by atoms with Gasteiger partial charge >= 0.3 is 0 Å². The number of nitrogens with zero attached hydrogens (tertiary/aromatic N) is 2. The first-order valence-electron chi connectivity index (χ1n) is 5.63. The fraction of sp³-hybridized carbons (Fsp3) is 0.0833. The summed E-state index contributed by atoms with van der Waals surface area (Å²) in [4.78, 5) is 22.7. The van der Waals surface area contributed by atoms with Crippen LogP contribution in [0.1, 0.15) is 10.4 Å². The standard InChI is InChI=1S/C12H12ClN5O2/c13-8-1-2-9(14)10(3-8)17-11(19)6-18-5-7(4-16-18)12(15)20/h1-5H,6,14H2,(H2,15,20)(H,17,19). The molecule has 0 aliphatic heterocycles. The molecule has 1 aromatic heterocycles. The summed E-state index contributed by atoms with van der Waals surface area (Å²) in [6.45, 7) is -0.0702. The lowest BCUT2D eigenvalue weighted by Gasteiger charge is -2.08. The van der Waals surface area contributed by atoms with Crippen LogP contribution in [0.5, 0.6) is 0 Å². The number of halogens is 1. The van der Waals surface area contributed by atoms with Crippen molar-refractivity contribution in [1.29, 1.82) is 0 Å². The van der Waals surface area contributed by atoms with Crippen molar-refractivity contribution in [2.24, 2.45) is 5.73 Å². The molecule has 5 N–H and O–H groups in total. The number of amides is 2. The highest BCUT2D eigenvalue weighted by Gasteiger charge is 2.09. The molecule has 0 saturated heterocycles. The number of benzene rings is 1. The van der Waals surface area contributed by atoms with Gasteiger partial charge in [-0.3, -0.25) is 14.3 Å². The Kier molecular flexibility index (Phi) is 3.90. The molecule has 20 heavy (non-hydrogen) atoms. The molecule has 104 valence electrons. The number of hydrogen-bond donors (Lipinski definition) is 3. The largest absolute Gasteiger partial charge is 0.397 e. The van der Waals surface area contributed by atoms with E-state index in [0.717, 1.165) is 0 Å². The summed E-state index contributed by atoms with van der Waals surface area (Å²) in [5, 5.41) is 6.93. The van der Waals surface area contributed by atoms with Crippen LogP contribution < -0.4 is 16.8 Å². The van der Waals surface area contributed by atoms with E-state index < -0.39 is 5.91 Å². The molecule has 0 spiro atoms. The van der Waals surface area contributed by atoms with Crippen LogP contribution in [0.25, 0.3) is 0 Å². The minimum atomic E-state index is -0.601. The van der Waals surface area contributed by atoms with Crippen molar-refractivity contribution in [3.63, 3.8) is 0 Å². The normalized spacial score (nSPS) is 10.2. The molecule has 7 nitrogen and oxygen atoms in total. The van der Waals surface area contributed by atoms with Gasteiger partial charge in [-0.25, -0.2) is 0 Å². The highest BCUT2D eigenvalue weighted by atomic mass is 35.5. The second kappa shape index (κ2) is 5.62. The van der Waals surface area contributed by atoms with Crippen molar-refractivity contribution in [3.8, 4) is 0 Å². The number of primary amides is 1. The minimum absolute atomic E-state index is 0.0702. The van der Waals surface area contributed by atoms with Crippen molar-refractivity contribution in [2.45, 2.75) is 6.54 Å². The second-order valence-corrected chi connectivity index (χ2v) is 4.51. The van der Waals surface area contributed by atoms with Gasteiger partial charge in [-0.1, -0.05) is 11.6 Å². The van der Waals surface area contributed by atoms with Crippen molar-refractivity contribution in [2.75, 3.05) is 11.1 Å². The number of hydrogen-bond acceptors (Lipinski definition) is 4. The number of anilines is 2. The van der Waals surface area contributed by atoms with Gasteiger partial charge in [-0.15, -0.1) is 0 Å². The van der Waals surface area contributed by atoms with Gasteiger partial charge in [0.1, 0.15) is 6.54 Å². The first kappa shape index (κ1) is 13.9. The monoisotopic (exact) mass is 293 g/mol. The van der Waals surface area contributed by atoms with Crippen molar-refractivity contribution < 1.29 is 9.59 Å². The van der Waals surface area contributed by atoms with Gasteiger partial charge in [0.05, 0.1) is 23.1 Å². The van der Waals surface area contributed by atoms with E-state index >= 15 is 0 Å². The molecular weight excluding hydrogens is 282 g/mol. The fourth-order valence-electron chi connectivity index (χ4n) is 1.55. The Morgan fingerprint density at radius 2 is 2.15 bits per heavy atom. The zero-order valence-electron chi connectivity index (χ0n) is 10.3. The SMILES string of the molecule is NC(=O)c1cnn(CC(=O)Nc2cc(Cl)ccc2N)c1. The Labute approximate surface area is 119 Å². The molecule has 0 fully saturated rings. The van der Waals surface area contributed by atoms with Crippen LogP contribution in [-0.4, -0.2) is 21.6 Å². The van der Waals surface area contributed by atoms with E-state index in [1.807, 2.05) is 0 Å². The first-order valence-corrected chi connectivity index (χ1v) is 6.00. The number of aromatic nitrogens is 2. The number of nitrogens with two attached hydrogens (primary N) is 2. The molecular formula is C12H12ClN5O2. The Hall–Kier alpha value is -2.54. The molecule has 2 rings (SSSR count). The van der Waals surface area contributed by atoms with Crippen molar-refractivity contribution in [3.05, 3.63) is 41.2 Å². The average Bonchev–Trinajstić information content (AvgIpc) is 2.82. The minimum Gasteiger partial charge on any atom is -0.397 e. The van der Waals surface area contributed by atoms with Gasteiger partial charge in [-0.2, -0.15) is 5.10 Å². The Balaban J connectivity index is 2.05. The second-order valence-electron chi connectivity index (χ2n) is 4.07. The maximum Gasteiger partial charge on any atom is 0.251 e. The van der Waals surface area contributed by atoms with E-state index in [0.29, 0.717) is 16.4 Å². The molecule has 2 amide bonds. The van der Waals surface area contributed by atoms with Gasteiger partial charge in [0.15, 0.2) is 0 Å². The predicted molar refractivity (Wildman–Crippen MR) is 75.2 cm³/mol. The first-order chi connectivity index (χ1) is 9.45. The van der Waals surface area contributed by atoms with Crippen molar-refractivity contribution >= 4 is 34.8 Å². The molecule has 0 atom stereocenters. The lowest BCUT2D eigenvalue weighted by molar-refractivity contribution is -0.116. The summed E-state index contributed by atoms with van der Waals surface area (Å²) in [7, 11) is 0. The molecule has 0 bridgehead atoms. The summed E-state index contributed by atoms with van der Waals surface area (Å²) in [5.74, 6) is -0.950. The third-order valence-electron chi connectivity index (χ3n) is 2.51. The predicted octanol–water partition coefficient (Wildman–Crippen LogP) is 0.856. The van der Waals surface area contributed by atoms with Crippen LogP contribution in [0.2, 0.25) is 5.02 Å². The topological polar surface area (TPSA) is 116 Å². The maximum atomic E-state index is 11.8. The van der Waals surface area contributed by atoms with Gasteiger partial charge in [0, 0.05) is 11.2 Å². The molecule has 0 unspecified atom stereocenters. The summed E-state index contributed by atoms with van der Waals surface area (Å²) in [6, 6.07) is 4.77. The summed E-state index contributed by atoms with van der Waals surface area (Å²) in [5.41, 5.74) is 11.9. The van der Waals surface area contributed by atoms with Crippen molar-refractivity contribution in [1.82, 2.24) is 9.78 Å². The average molecular weight is 294 g/mol. The van der Waals surface area contributed by atoms with Gasteiger partial charge < -0.3 is 16.8 Å². The molecule has 0 radical (unpaired) electrons. The van der Waals surface area contributed by atoms with Crippen LogP contribution in [-0.2, 0) is 11.3 Å². The van der Waals surface area contributed by atoms with Crippen LogP contribution in [0, 0.1) is 0 Å². The number of carbonyl (C=O) groups excluding carboxylic acids is 2. The zero-order chi connectivity index (χ0) is 14.7. The maximum absolute atomic E-state index is 11.8. The van der Waals surface area contributed by atoms with E-state index in [-0.39, 0.29) is 18.0 Å². The van der Waals surface area contributed by atoms with Crippen LogP contribution >= 0.6 is 11.6 Å². The molecule has 1 heterocycles. The zero-order valence-corrected chi connectivity index (χ0v) is 11.1. The van der Waals surface area contributed by atoms with E-state index in [9.17, 15) is 9.59 Å². The van der Waals surface area contributed by atoms with E-state index in [1.165, 1.54) is 17.1 Å². The van der Waals surface area contributed by atoms with Gasteiger partial charge in [0.25, 0.3) is 5.91 Å². The van der Waals surface area contributed by atoms with Crippen LogP contribution in [0.3, 0.4) is 0 Å². The Morgan fingerprint density at radius 3 is 2.80 bits per heavy atom. The van der Waals surface area contributed by atoms with E-state index in [2.05, 4.69) is 10.4 Å². The third kappa shape index (κ3) is 3.27. The molecule has 2 aromatic rings. The molecule has 0 aliphatic rings. The summed E-state index contributed by atoms with van der Waals surface area (Å²) >= 11 is 5.82. The lowest BCUT2D eigenvalue weighted by Crippen LogP contribution is -2.19. The highest BCUT2D eigenvalue weighted by molar-refractivity contribution is 6.31.